The molecule has 0 rings (SSSR count). The van der Waals surface area contributed by atoms with Crippen LogP contribution < -0.4 is 5.73 Å². The lowest BCUT2D eigenvalue weighted by molar-refractivity contribution is 0.265. The second kappa shape index (κ2) is 2.12. The van der Waals surface area contributed by atoms with Crippen molar-refractivity contribution in [3.63, 3.8) is 0 Å². The van der Waals surface area contributed by atoms with Crippen molar-refractivity contribution in [2.75, 3.05) is 0 Å². The van der Waals surface area contributed by atoms with Crippen LogP contribution >= 0.6 is 8.81 Å². The molecule has 0 aliphatic carbocycles. The third-order valence-corrected chi connectivity index (χ3v) is 0.331. The van der Waals surface area contributed by atoms with E-state index in [2.05, 4.69) is 5.73 Å². The number of nitrogens with two attached hydrogens (primary N) is 1. The van der Waals surface area contributed by atoms with E-state index in [1.165, 1.54) is 0 Å². The third kappa shape index (κ3) is 3.86. The van der Waals surface area contributed by atoms with Crippen LogP contribution in [0.5, 0.6) is 0 Å². The molecule has 0 aromatic heterocycles. The minimum Gasteiger partial charge on any atom is -0.367 e. The Kier molecular flexibility index (Phi) is 2.06. The zero-order valence-corrected chi connectivity index (χ0v) is 3.43. The monoisotopic (exact) mass is 93.0 g/mol. The molecule has 1 amide bonds. The van der Waals surface area contributed by atoms with E-state index in [0.717, 1.165) is 0 Å². The number of rotatable bonds is 1. The summed E-state index contributed by atoms with van der Waals surface area (Å²) < 4.78 is 0. The Balaban J connectivity index is 2.85. The van der Waals surface area contributed by atoms with Crippen LogP contribution in [0.2, 0.25) is 0 Å². The lowest BCUT2D eigenvalue weighted by Crippen LogP contribution is -1.97. The van der Waals surface area contributed by atoms with E-state index < -0.39 is 14.5 Å². The standard InChI is InChI=1S/CH4NO2P/c2-1(3)5-4/h4-5H,(H2,2,3). The van der Waals surface area contributed by atoms with Crippen LogP contribution in [0.3, 0.4) is 0 Å². The molecule has 3 nitrogen and oxygen atoms in total. The Morgan fingerprint density at radius 2 is 2.20 bits per heavy atom. The van der Waals surface area contributed by atoms with Crippen molar-refractivity contribution < 1.29 is 9.69 Å². The molecule has 0 spiro atoms. The minimum absolute atomic E-state index is 0.662. The molecule has 0 aromatic carbocycles. The van der Waals surface area contributed by atoms with Crippen molar-refractivity contribution in [1.29, 1.82) is 0 Å². The van der Waals surface area contributed by atoms with Crippen molar-refractivity contribution in [1.82, 2.24) is 0 Å². The van der Waals surface area contributed by atoms with Gasteiger partial charge in [-0.2, -0.15) is 0 Å². The van der Waals surface area contributed by atoms with Crippen LogP contribution in [0.25, 0.3) is 0 Å². The first kappa shape index (κ1) is 4.86. The van der Waals surface area contributed by atoms with Crippen LogP contribution in [0.4, 0.5) is 4.79 Å². The van der Waals surface area contributed by atoms with Gasteiger partial charge in [0.05, 0.1) is 0 Å². The summed E-state index contributed by atoms with van der Waals surface area (Å²) in [4.78, 5) is 17.0. The molecule has 0 bridgehead atoms. The molecule has 0 radical (unpaired) electrons. The van der Waals surface area contributed by atoms with Crippen LogP contribution in [0, 0.1) is 0 Å². The van der Waals surface area contributed by atoms with Crippen molar-refractivity contribution in [2.45, 2.75) is 0 Å². The lowest BCUT2D eigenvalue weighted by Gasteiger charge is -1.73. The average molecular weight is 93.0 g/mol. The molecular formula is CH4NO2P. The second-order valence-electron chi connectivity index (χ2n) is 0.476. The van der Waals surface area contributed by atoms with Gasteiger partial charge in [-0.3, -0.25) is 4.79 Å². The summed E-state index contributed by atoms with van der Waals surface area (Å²) in [6.07, 6.45) is 0. The topological polar surface area (TPSA) is 63.3 Å². The molecule has 0 aliphatic rings. The number of carbonyl (C=O) groups excluding carboxylic acids is 1. The quantitative estimate of drug-likeness (QED) is 0.435. The number of hydrogen-bond acceptors (Lipinski definition) is 2. The lowest BCUT2D eigenvalue weighted by atomic mass is 11.5. The highest BCUT2D eigenvalue weighted by atomic mass is 31.1. The van der Waals surface area contributed by atoms with Crippen LogP contribution in [0.15, 0.2) is 0 Å². The van der Waals surface area contributed by atoms with Crippen LogP contribution in [-0.2, 0) is 0 Å². The second-order valence-corrected chi connectivity index (χ2v) is 1.19. The highest BCUT2D eigenvalue weighted by Gasteiger charge is 1.79. The van der Waals surface area contributed by atoms with Gasteiger partial charge in [0.15, 0.2) is 0 Å². The zero-order chi connectivity index (χ0) is 4.28. The maximum absolute atomic E-state index is 9.35. The van der Waals surface area contributed by atoms with Gasteiger partial charge in [-0.1, -0.05) is 0 Å². The molecule has 0 aliphatic heterocycles. The Morgan fingerprint density at radius 3 is 2.20 bits per heavy atom. The van der Waals surface area contributed by atoms with Gasteiger partial charge in [-0.05, 0) is 0 Å². The molecule has 0 saturated heterocycles. The minimum atomic E-state index is -0.747. The third-order valence-electron chi connectivity index (χ3n) is 0.110. The first-order chi connectivity index (χ1) is 2.27. The van der Waals surface area contributed by atoms with E-state index in [0.29, 0.717) is 0 Å². The SMILES string of the molecule is NC(=O)PO. The summed E-state index contributed by atoms with van der Waals surface area (Å²) in [7, 11) is -0.747. The Bertz CT molecular complexity index is 44.9. The summed E-state index contributed by atoms with van der Waals surface area (Å²) in [6.45, 7) is 0. The Morgan fingerprint density at radius 1 is 2.00 bits per heavy atom. The molecule has 0 heterocycles. The van der Waals surface area contributed by atoms with E-state index in [-0.39, 0.29) is 0 Å². The molecule has 0 aromatic rings. The molecular weight excluding hydrogens is 89.0 g/mol. The molecule has 1 unspecified atom stereocenters. The van der Waals surface area contributed by atoms with Crippen molar-refractivity contribution >= 4 is 14.5 Å². The van der Waals surface area contributed by atoms with Crippen molar-refractivity contribution in [2.24, 2.45) is 5.73 Å². The number of hydrogen-bond donors (Lipinski definition) is 2. The fourth-order valence-corrected chi connectivity index (χ4v) is 0. The fraction of sp³-hybridized carbons (Fsp3) is 0. The predicted octanol–water partition coefficient (Wildman–Crippen LogP) is -0.349. The zero-order valence-electron chi connectivity index (χ0n) is 2.43. The van der Waals surface area contributed by atoms with Crippen LogP contribution in [-0.4, -0.2) is 10.5 Å². The summed E-state index contributed by atoms with van der Waals surface area (Å²) in [5.74, 6) is 0. The number of carbonyl (C=O) groups is 1. The van der Waals surface area contributed by atoms with Crippen molar-refractivity contribution in [3.05, 3.63) is 0 Å². The van der Waals surface area contributed by atoms with Gasteiger partial charge in [-0.15, -0.1) is 0 Å². The van der Waals surface area contributed by atoms with Gasteiger partial charge in [0.1, 0.15) is 8.81 Å². The maximum atomic E-state index is 9.35. The van der Waals surface area contributed by atoms with Gasteiger partial charge in [0, 0.05) is 0 Å². The molecule has 5 heavy (non-hydrogen) atoms. The molecule has 1 atom stereocenters. The first-order valence-corrected chi connectivity index (χ1v) is 1.91. The van der Waals surface area contributed by atoms with E-state index in [1.54, 1.807) is 0 Å². The highest BCUT2D eigenvalue weighted by Crippen LogP contribution is 1.95. The highest BCUT2D eigenvalue weighted by molar-refractivity contribution is 7.51. The number of primary amides is 1. The van der Waals surface area contributed by atoms with E-state index in [1.807, 2.05) is 0 Å². The van der Waals surface area contributed by atoms with Gasteiger partial charge < -0.3 is 10.6 Å². The first-order valence-electron chi connectivity index (χ1n) is 0.966. The van der Waals surface area contributed by atoms with E-state index in [4.69, 9.17) is 4.89 Å². The molecule has 30 valence electrons. The molecule has 0 fully saturated rings. The van der Waals surface area contributed by atoms with Gasteiger partial charge in [-0.25, -0.2) is 0 Å². The summed E-state index contributed by atoms with van der Waals surface area (Å²) >= 11 is 0. The Labute approximate surface area is 31.0 Å². The fourth-order valence-electron chi connectivity index (χ4n) is 0. The van der Waals surface area contributed by atoms with E-state index in [9.17, 15) is 4.79 Å². The summed E-state index contributed by atoms with van der Waals surface area (Å²) in [6, 6.07) is 0. The summed E-state index contributed by atoms with van der Waals surface area (Å²) in [5, 5.41) is 0. The average Bonchev–Trinajstić information content (AvgIpc) is 1.38. The maximum Gasteiger partial charge on any atom is 0.262 e. The van der Waals surface area contributed by atoms with Gasteiger partial charge >= 0.3 is 0 Å². The number of amides is 1. The van der Waals surface area contributed by atoms with Gasteiger partial charge in [0.2, 0.25) is 0 Å². The largest absolute Gasteiger partial charge is 0.367 e. The van der Waals surface area contributed by atoms with E-state index >= 15 is 0 Å². The molecule has 0 saturated carbocycles. The van der Waals surface area contributed by atoms with Crippen molar-refractivity contribution in [3.8, 4) is 0 Å². The summed E-state index contributed by atoms with van der Waals surface area (Å²) in [5.41, 5.74) is 3.75. The van der Waals surface area contributed by atoms with Gasteiger partial charge in [0.25, 0.3) is 5.65 Å². The normalized spacial score (nSPS) is 9.80. The smallest absolute Gasteiger partial charge is 0.262 e. The predicted molar refractivity (Wildman–Crippen MR) is 20.1 cm³/mol. The molecule has 4 heteroatoms. The molecule has 3 N–H and O–H groups in total. The Hall–Kier alpha value is -0.140. The van der Waals surface area contributed by atoms with Crippen LogP contribution in [0.1, 0.15) is 0 Å².